The van der Waals surface area contributed by atoms with E-state index in [0.717, 1.165) is 0 Å². The normalized spacial score (nSPS) is 14.5. The van der Waals surface area contributed by atoms with Crippen LogP contribution in [0.4, 0.5) is 0 Å². The molecule has 5 heteroatoms. The van der Waals surface area contributed by atoms with Crippen LogP contribution in [0.1, 0.15) is 6.92 Å². The zero-order valence-electron chi connectivity index (χ0n) is 6.83. The second-order valence-corrected chi connectivity index (χ2v) is 2.03. The Kier molecular flexibility index (Phi) is 7.72. The number of carbonyl (C=O) groups is 1. The number of likely N-dealkylation sites (N-methyl/N-ethyl adjacent to an activating group) is 1. The number of rotatable bonds is 3. The van der Waals surface area contributed by atoms with E-state index in [0.29, 0.717) is 0 Å². The van der Waals surface area contributed by atoms with Gasteiger partial charge >= 0.3 is 5.97 Å². The Labute approximate surface area is 72.3 Å². The van der Waals surface area contributed by atoms with Crippen LogP contribution in [-0.4, -0.2) is 37.4 Å². The number of carbonyl (C=O) groups excluding carboxylic acids is 1. The molecule has 4 nitrogen and oxygen atoms in total. The van der Waals surface area contributed by atoms with Gasteiger partial charge in [0.05, 0.1) is 13.2 Å². The van der Waals surface area contributed by atoms with Crippen LogP contribution >= 0.6 is 12.4 Å². The summed E-state index contributed by atoms with van der Waals surface area (Å²) in [5.74, 6) is -0.447. The van der Waals surface area contributed by atoms with Gasteiger partial charge in [0.2, 0.25) is 0 Å². The summed E-state index contributed by atoms with van der Waals surface area (Å²) in [4.78, 5) is 10.7. The molecule has 0 aromatic carbocycles. The molecule has 0 saturated carbocycles. The number of esters is 1. The molecule has 0 heterocycles. The number of hydrogen-bond donors (Lipinski definition) is 2. The first kappa shape index (κ1) is 13.3. The van der Waals surface area contributed by atoms with Gasteiger partial charge in [0, 0.05) is 0 Å². The van der Waals surface area contributed by atoms with Crippen molar-refractivity contribution >= 4 is 18.4 Å². The average molecular weight is 184 g/mol. The Morgan fingerprint density at radius 1 is 1.64 bits per heavy atom. The number of aliphatic hydroxyl groups is 1. The predicted octanol–water partition coefficient (Wildman–Crippen LogP) is -0.450. The standard InChI is InChI=1S/C6H13NO3.ClH/c1-4(8)5(7-2)6(9)10-3;/h4-5,7-8H,1-3H3;1H. The molecule has 0 aliphatic rings. The number of hydrogen-bond acceptors (Lipinski definition) is 4. The van der Waals surface area contributed by atoms with Gasteiger partial charge in [0.1, 0.15) is 6.04 Å². The molecule has 0 amide bonds. The highest BCUT2D eigenvalue weighted by Crippen LogP contribution is 1.93. The molecular formula is C6H14ClNO3. The SMILES string of the molecule is CNC(C(=O)OC)C(C)O.Cl. The summed E-state index contributed by atoms with van der Waals surface area (Å²) in [7, 11) is 2.88. The zero-order chi connectivity index (χ0) is 8.15. The van der Waals surface area contributed by atoms with E-state index in [1.807, 2.05) is 0 Å². The summed E-state index contributed by atoms with van der Waals surface area (Å²) in [6, 6.07) is -0.620. The van der Waals surface area contributed by atoms with E-state index in [4.69, 9.17) is 5.11 Å². The molecule has 0 rings (SSSR count). The first-order chi connectivity index (χ1) is 4.63. The molecule has 2 unspecified atom stereocenters. The Hall–Kier alpha value is -0.320. The van der Waals surface area contributed by atoms with Gasteiger partial charge in [0.15, 0.2) is 0 Å². The van der Waals surface area contributed by atoms with Gasteiger partial charge in [-0.05, 0) is 14.0 Å². The molecule has 68 valence electrons. The van der Waals surface area contributed by atoms with Crippen LogP contribution in [0, 0.1) is 0 Å². The van der Waals surface area contributed by atoms with Crippen molar-refractivity contribution < 1.29 is 14.6 Å². The smallest absolute Gasteiger partial charge is 0.325 e. The molecule has 0 aliphatic heterocycles. The summed E-state index contributed by atoms with van der Waals surface area (Å²) in [5.41, 5.74) is 0. The lowest BCUT2D eigenvalue weighted by Gasteiger charge is -2.15. The van der Waals surface area contributed by atoms with Gasteiger partial charge in [0.25, 0.3) is 0 Å². The third kappa shape index (κ3) is 4.19. The minimum absolute atomic E-state index is 0. The van der Waals surface area contributed by atoms with E-state index < -0.39 is 18.1 Å². The van der Waals surface area contributed by atoms with Crippen molar-refractivity contribution in [1.82, 2.24) is 5.32 Å². The van der Waals surface area contributed by atoms with Crippen molar-refractivity contribution in [1.29, 1.82) is 0 Å². The highest BCUT2D eigenvalue weighted by molar-refractivity contribution is 5.85. The van der Waals surface area contributed by atoms with Crippen molar-refractivity contribution in [2.24, 2.45) is 0 Å². The molecule has 0 saturated heterocycles. The minimum atomic E-state index is -0.725. The molecule has 0 aromatic rings. The summed E-state index contributed by atoms with van der Waals surface area (Å²) in [5, 5.41) is 11.6. The van der Waals surface area contributed by atoms with Crippen molar-refractivity contribution in [2.45, 2.75) is 19.1 Å². The number of halogens is 1. The van der Waals surface area contributed by atoms with Crippen molar-refractivity contribution in [2.75, 3.05) is 14.2 Å². The Morgan fingerprint density at radius 2 is 2.09 bits per heavy atom. The van der Waals surface area contributed by atoms with Crippen molar-refractivity contribution in [3.05, 3.63) is 0 Å². The molecule has 0 bridgehead atoms. The maximum atomic E-state index is 10.7. The van der Waals surface area contributed by atoms with E-state index in [-0.39, 0.29) is 12.4 Å². The quantitative estimate of drug-likeness (QED) is 0.582. The Morgan fingerprint density at radius 3 is 2.18 bits per heavy atom. The summed E-state index contributed by atoms with van der Waals surface area (Å²) in [6.45, 7) is 1.53. The number of methoxy groups -OCH3 is 1. The fourth-order valence-electron chi connectivity index (χ4n) is 0.683. The van der Waals surface area contributed by atoms with Gasteiger partial charge < -0.3 is 15.2 Å². The predicted molar refractivity (Wildman–Crippen MR) is 43.8 cm³/mol. The van der Waals surface area contributed by atoms with Crippen LogP contribution in [0.25, 0.3) is 0 Å². The van der Waals surface area contributed by atoms with E-state index >= 15 is 0 Å². The van der Waals surface area contributed by atoms with Crippen LogP contribution in [0.5, 0.6) is 0 Å². The van der Waals surface area contributed by atoms with E-state index in [2.05, 4.69) is 10.1 Å². The summed E-state index contributed by atoms with van der Waals surface area (Å²) < 4.78 is 4.40. The van der Waals surface area contributed by atoms with Gasteiger partial charge in [-0.2, -0.15) is 0 Å². The van der Waals surface area contributed by atoms with Gasteiger partial charge in [-0.1, -0.05) is 0 Å². The molecule has 0 fully saturated rings. The first-order valence-electron chi connectivity index (χ1n) is 3.06. The number of nitrogens with one attached hydrogen (secondary N) is 1. The lowest BCUT2D eigenvalue weighted by Crippen LogP contribution is -2.43. The highest BCUT2D eigenvalue weighted by atomic mass is 35.5. The third-order valence-corrected chi connectivity index (χ3v) is 1.25. The molecule has 11 heavy (non-hydrogen) atoms. The lowest BCUT2D eigenvalue weighted by atomic mass is 10.2. The Bertz CT molecular complexity index is 118. The second kappa shape index (κ2) is 6.39. The third-order valence-electron chi connectivity index (χ3n) is 1.25. The van der Waals surface area contributed by atoms with E-state index in [1.54, 1.807) is 7.05 Å². The van der Waals surface area contributed by atoms with Crippen molar-refractivity contribution in [3.8, 4) is 0 Å². The maximum absolute atomic E-state index is 10.7. The average Bonchev–Trinajstić information content (AvgIpc) is 1.88. The topological polar surface area (TPSA) is 58.6 Å². The molecule has 0 aliphatic carbocycles. The Balaban J connectivity index is 0. The highest BCUT2D eigenvalue weighted by Gasteiger charge is 2.21. The molecule has 2 atom stereocenters. The molecule has 0 spiro atoms. The maximum Gasteiger partial charge on any atom is 0.325 e. The fourth-order valence-corrected chi connectivity index (χ4v) is 0.683. The largest absolute Gasteiger partial charge is 0.468 e. The molecule has 0 aromatic heterocycles. The van der Waals surface area contributed by atoms with E-state index in [1.165, 1.54) is 14.0 Å². The number of aliphatic hydroxyl groups excluding tert-OH is 1. The monoisotopic (exact) mass is 183 g/mol. The second-order valence-electron chi connectivity index (χ2n) is 2.03. The zero-order valence-corrected chi connectivity index (χ0v) is 7.64. The van der Waals surface area contributed by atoms with Crippen LogP contribution in [-0.2, 0) is 9.53 Å². The number of ether oxygens (including phenoxy) is 1. The molecular weight excluding hydrogens is 170 g/mol. The molecule has 0 radical (unpaired) electrons. The van der Waals surface area contributed by atoms with Gasteiger partial charge in [-0.15, -0.1) is 12.4 Å². The lowest BCUT2D eigenvalue weighted by molar-refractivity contribution is -0.145. The van der Waals surface area contributed by atoms with Crippen LogP contribution in [0.3, 0.4) is 0 Å². The van der Waals surface area contributed by atoms with Crippen LogP contribution in [0.2, 0.25) is 0 Å². The summed E-state index contributed by atoms with van der Waals surface area (Å²) >= 11 is 0. The van der Waals surface area contributed by atoms with Crippen molar-refractivity contribution in [3.63, 3.8) is 0 Å². The van der Waals surface area contributed by atoms with Gasteiger partial charge in [-0.25, -0.2) is 0 Å². The molecule has 2 N–H and O–H groups in total. The minimum Gasteiger partial charge on any atom is -0.468 e. The first-order valence-corrected chi connectivity index (χ1v) is 3.06. The summed E-state index contributed by atoms with van der Waals surface area (Å²) in [6.07, 6.45) is -0.725. The van der Waals surface area contributed by atoms with E-state index in [9.17, 15) is 4.79 Å². The van der Waals surface area contributed by atoms with Crippen LogP contribution in [0.15, 0.2) is 0 Å². The fraction of sp³-hybridized carbons (Fsp3) is 0.833. The van der Waals surface area contributed by atoms with Gasteiger partial charge in [-0.3, -0.25) is 4.79 Å². The van der Waals surface area contributed by atoms with Crippen LogP contribution < -0.4 is 5.32 Å².